The number of esters is 2. The largest absolute Gasteiger partial charge is 0.458 e. The molecule has 2 aromatic carbocycles. The quantitative estimate of drug-likeness (QED) is 0.291. The van der Waals surface area contributed by atoms with Crippen LogP contribution in [0.2, 0.25) is 0 Å². The molecule has 2 atom stereocenters. The number of hydrogen-bond donors (Lipinski definition) is 1. The van der Waals surface area contributed by atoms with Crippen LogP contribution in [0.3, 0.4) is 0 Å². The maximum Gasteiger partial charge on any atom is 0.411 e. The summed E-state index contributed by atoms with van der Waals surface area (Å²) < 4.78 is 21.3. The van der Waals surface area contributed by atoms with Crippen LogP contribution in [-0.2, 0) is 41.6 Å². The van der Waals surface area contributed by atoms with Crippen molar-refractivity contribution < 1.29 is 38.1 Å². The maximum atomic E-state index is 13.4. The predicted molar refractivity (Wildman–Crippen MR) is 150 cm³/mol. The van der Waals surface area contributed by atoms with Crippen LogP contribution >= 0.6 is 0 Å². The first kappa shape index (κ1) is 32.1. The van der Waals surface area contributed by atoms with Crippen LogP contribution in [0.15, 0.2) is 54.6 Å². The van der Waals surface area contributed by atoms with Crippen molar-refractivity contribution >= 4 is 29.8 Å². The molecule has 10 heteroatoms. The Balaban J connectivity index is 2.26. The van der Waals surface area contributed by atoms with Crippen LogP contribution in [0.4, 0.5) is 15.3 Å². The highest BCUT2D eigenvalue weighted by atomic mass is 16.6. The SMILES string of the molecule is COC(=O)Nc1ccc(C[C@@H](OC(=O)[C@H](CC(C)C)N(C)C(=O)OC(C)(C)C)C(=O)OCc2ccccc2)cc1. The Bertz CT molecular complexity index is 1130. The molecule has 0 unspecified atom stereocenters. The van der Waals surface area contributed by atoms with Crippen LogP contribution in [0.1, 0.15) is 52.2 Å². The summed E-state index contributed by atoms with van der Waals surface area (Å²) in [7, 11) is 2.73. The Morgan fingerprint density at radius 1 is 0.900 bits per heavy atom. The average Bonchev–Trinajstić information content (AvgIpc) is 2.90. The van der Waals surface area contributed by atoms with Gasteiger partial charge in [-0.2, -0.15) is 0 Å². The molecule has 0 heterocycles. The fourth-order valence-corrected chi connectivity index (χ4v) is 3.64. The van der Waals surface area contributed by atoms with Gasteiger partial charge in [-0.15, -0.1) is 0 Å². The monoisotopic (exact) mass is 556 g/mol. The number of nitrogens with one attached hydrogen (secondary N) is 1. The number of carbonyl (C=O) groups is 4. The van der Waals surface area contributed by atoms with E-state index in [1.54, 1.807) is 45.0 Å². The predicted octanol–water partition coefficient (Wildman–Crippen LogP) is 5.34. The Morgan fingerprint density at radius 3 is 2.08 bits per heavy atom. The molecular weight excluding hydrogens is 516 g/mol. The van der Waals surface area contributed by atoms with Crippen molar-refractivity contribution in [2.45, 2.75) is 71.8 Å². The lowest BCUT2D eigenvalue weighted by atomic mass is 10.0. The van der Waals surface area contributed by atoms with Gasteiger partial charge in [-0.1, -0.05) is 56.3 Å². The highest BCUT2D eigenvalue weighted by Gasteiger charge is 2.35. The van der Waals surface area contributed by atoms with Crippen LogP contribution in [0.25, 0.3) is 0 Å². The molecule has 0 aliphatic rings. The van der Waals surface area contributed by atoms with Crippen molar-refractivity contribution in [2.24, 2.45) is 5.92 Å². The van der Waals surface area contributed by atoms with E-state index >= 15 is 0 Å². The van der Waals surface area contributed by atoms with E-state index < -0.39 is 41.9 Å². The van der Waals surface area contributed by atoms with E-state index in [0.29, 0.717) is 17.7 Å². The third-order valence-corrected chi connectivity index (χ3v) is 5.67. The van der Waals surface area contributed by atoms with E-state index in [2.05, 4.69) is 10.1 Å². The molecule has 0 radical (unpaired) electrons. The number of ether oxygens (including phenoxy) is 4. The van der Waals surface area contributed by atoms with E-state index in [1.807, 2.05) is 44.2 Å². The molecule has 0 bridgehead atoms. The molecule has 0 aliphatic carbocycles. The van der Waals surface area contributed by atoms with E-state index in [1.165, 1.54) is 19.1 Å². The maximum absolute atomic E-state index is 13.4. The molecule has 2 rings (SSSR count). The lowest BCUT2D eigenvalue weighted by Crippen LogP contribution is -2.47. The second-order valence-corrected chi connectivity index (χ2v) is 10.8. The fourth-order valence-electron chi connectivity index (χ4n) is 3.64. The summed E-state index contributed by atoms with van der Waals surface area (Å²) in [6.07, 6.45) is -2.25. The molecule has 0 saturated heterocycles. The van der Waals surface area contributed by atoms with Gasteiger partial charge in [0.1, 0.15) is 18.2 Å². The van der Waals surface area contributed by atoms with Crippen molar-refractivity contribution in [2.75, 3.05) is 19.5 Å². The van der Waals surface area contributed by atoms with Crippen LogP contribution in [0.5, 0.6) is 0 Å². The van der Waals surface area contributed by atoms with E-state index in [0.717, 1.165) is 5.56 Å². The lowest BCUT2D eigenvalue weighted by molar-refractivity contribution is -0.171. The Morgan fingerprint density at radius 2 is 1.52 bits per heavy atom. The molecule has 2 amide bonds. The third kappa shape index (κ3) is 11.0. The molecule has 0 fully saturated rings. The van der Waals surface area contributed by atoms with Gasteiger partial charge in [-0.05, 0) is 56.4 Å². The topological polar surface area (TPSA) is 120 Å². The van der Waals surface area contributed by atoms with Crippen LogP contribution in [0, 0.1) is 5.92 Å². The van der Waals surface area contributed by atoms with E-state index in [-0.39, 0.29) is 18.9 Å². The molecular formula is C30H40N2O8. The minimum atomic E-state index is -1.28. The summed E-state index contributed by atoms with van der Waals surface area (Å²) in [5.41, 5.74) is 1.18. The first-order chi connectivity index (χ1) is 18.8. The zero-order chi connectivity index (χ0) is 29.9. The molecule has 0 saturated carbocycles. The summed E-state index contributed by atoms with van der Waals surface area (Å²) in [5, 5.41) is 2.55. The molecule has 218 valence electrons. The van der Waals surface area contributed by atoms with Crippen molar-refractivity contribution in [1.82, 2.24) is 4.90 Å². The Kier molecular flexibility index (Phi) is 12.0. The summed E-state index contributed by atoms with van der Waals surface area (Å²) in [4.78, 5) is 52.0. The smallest absolute Gasteiger partial charge is 0.411 e. The zero-order valence-electron chi connectivity index (χ0n) is 24.3. The molecule has 1 N–H and O–H groups in total. The van der Waals surface area contributed by atoms with Gasteiger partial charge in [0, 0.05) is 19.2 Å². The number of methoxy groups -OCH3 is 1. The number of carbonyl (C=O) groups excluding carboxylic acids is 4. The van der Waals surface area contributed by atoms with Gasteiger partial charge in [0.15, 0.2) is 0 Å². The highest BCUT2D eigenvalue weighted by Crippen LogP contribution is 2.19. The first-order valence-electron chi connectivity index (χ1n) is 13.1. The number of rotatable bonds is 11. The van der Waals surface area contributed by atoms with Gasteiger partial charge in [0.25, 0.3) is 0 Å². The van der Waals surface area contributed by atoms with E-state index in [4.69, 9.17) is 14.2 Å². The van der Waals surface area contributed by atoms with Crippen molar-refractivity contribution in [3.05, 3.63) is 65.7 Å². The number of likely N-dealkylation sites (N-methyl/N-ethyl adjacent to an activating group) is 1. The molecule has 0 aliphatic heterocycles. The summed E-state index contributed by atoms with van der Waals surface area (Å²) in [6.45, 7) is 9.04. The Labute approximate surface area is 235 Å². The molecule has 0 spiro atoms. The third-order valence-electron chi connectivity index (χ3n) is 5.67. The van der Waals surface area contributed by atoms with Gasteiger partial charge >= 0.3 is 24.1 Å². The minimum Gasteiger partial charge on any atom is -0.458 e. The molecule has 2 aromatic rings. The van der Waals surface area contributed by atoms with Gasteiger partial charge in [-0.25, -0.2) is 19.2 Å². The standard InChI is InChI=1S/C30H40N2O8/c1-20(2)17-24(32(6)29(36)40-30(3,4)5)26(33)39-25(27(34)38-19-22-11-9-8-10-12-22)18-21-13-15-23(16-14-21)31-28(35)37-7/h8-16,20,24-25H,17-19H2,1-7H3,(H,31,35)/t24-,25+/m0/s1. The zero-order valence-corrected chi connectivity index (χ0v) is 24.3. The second kappa shape index (κ2) is 14.9. The van der Waals surface area contributed by atoms with Crippen molar-refractivity contribution in [3.8, 4) is 0 Å². The van der Waals surface area contributed by atoms with Gasteiger partial charge in [0.2, 0.25) is 6.10 Å². The molecule has 10 nitrogen and oxygen atoms in total. The number of benzene rings is 2. The summed E-state index contributed by atoms with van der Waals surface area (Å²) >= 11 is 0. The number of hydrogen-bond acceptors (Lipinski definition) is 8. The normalized spacial score (nSPS) is 12.6. The fraction of sp³-hybridized carbons (Fsp3) is 0.467. The minimum absolute atomic E-state index is 0.00292. The first-order valence-corrected chi connectivity index (χ1v) is 13.1. The average molecular weight is 557 g/mol. The Hall–Kier alpha value is -4.08. The van der Waals surface area contributed by atoms with Gasteiger partial charge in [-0.3, -0.25) is 10.2 Å². The number of nitrogens with zero attached hydrogens (tertiary/aromatic N) is 1. The van der Waals surface area contributed by atoms with Crippen LogP contribution in [-0.4, -0.2) is 60.9 Å². The highest BCUT2D eigenvalue weighted by molar-refractivity contribution is 5.85. The van der Waals surface area contributed by atoms with E-state index in [9.17, 15) is 19.2 Å². The number of anilines is 1. The summed E-state index contributed by atoms with van der Waals surface area (Å²) in [5.74, 6) is -1.43. The van der Waals surface area contributed by atoms with Gasteiger partial charge in [0.05, 0.1) is 7.11 Å². The second-order valence-electron chi connectivity index (χ2n) is 10.8. The summed E-state index contributed by atoms with van der Waals surface area (Å²) in [6, 6.07) is 14.8. The number of amides is 2. The molecule has 40 heavy (non-hydrogen) atoms. The lowest BCUT2D eigenvalue weighted by Gasteiger charge is -2.31. The van der Waals surface area contributed by atoms with Crippen molar-refractivity contribution in [1.29, 1.82) is 0 Å². The molecule has 0 aromatic heterocycles. The van der Waals surface area contributed by atoms with Gasteiger partial charge < -0.3 is 18.9 Å². The van der Waals surface area contributed by atoms with Crippen molar-refractivity contribution in [3.63, 3.8) is 0 Å². The van der Waals surface area contributed by atoms with Crippen LogP contribution < -0.4 is 5.32 Å².